The Kier molecular flexibility index (Phi) is 3.31. The van der Waals surface area contributed by atoms with E-state index in [4.69, 9.17) is 5.26 Å². The van der Waals surface area contributed by atoms with Gasteiger partial charge in [0.15, 0.2) is 0 Å². The summed E-state index contributed by atoms with van der Waals surface area (Å²) in [6, 6.07) is 6.03. The fourth-order valence-corrected chi connectivity index (χ4v) is 2.07. The van der Waals surface area contributed by atoms with Crippen LogP contribution in [0.3, 0.4) is 0 Å². The molecule has 1 aromatic rings. The molecule has 1 aliphatic heterocycles. The quantitative estimate of drug-likeness (QED) is 0.753. The molecule has 0 bridgehead atoms. The minimum atomic E-state index is 0.525. The van der Waals surface area contributed by atoms with E-state index >= 15 is 0 Å². The summed E-state index contributed by atoms with van der Waals surface area (Å²) in [5.41, 5.74) is 1.77. The molecule has 0 aromatic carbocycles. The van der Waals surface area contributed by atoms with E-state index in [0.29, 0.717) is 11.6 Å². The van der Waals surface area contributed by atoms with E-state index in [-0.39, 0.29) is 0 Å². The Morgan fingerprint density at radius 2 is 2.40 bits per heavy atom. The van der Waals surface area contributed by atoms with Crippen LogP contribution in [-0.4, -0.2) is 18.1 Å². The lowest BCUT2D eigenvalue weighted by atomic mass is 9.95. The van der Waals surface area contributed by atoms with Gasteiger partial charge in [-0.1, -0.05) is 6.42 Å². The molecule has 78 valence electrons. The van der Waals surface area contributed by atoms with Gasteiger partial charge in [0.05, 0.1) is 0 Å². The van der Waals surface area contributed by atoms with Crippen molar-refractivity contribution < 1.29 is 0 Å². The van der Waals surface area contributed by atoms with Crippen molar-refractivity contribution in [1.29, 1.82) is 5.26 Å². The Morgan fingerprint density at radius 1 is 1.47 bits per heavy atom. The molecule has 3 nitrogen and oxygen atoms in total. The van der Waals surface area contributed by atoms with Crippen molar-refractivity contribution >= 4 is 0 Å². The van der Waals surface area contributed by atoms with Gasteiger partial charge >= 0.3 is 0 Å². The zero-order valence-corrected chi connectivity index (χ0v) is 8.74. The molecule has 0 aliphatic carbocycles. The minimum absolute atomic E-state index is 0.525. The largest absolute Gasteiger partial charge is 0.316 e. The van der Waals surface area contributed by atoms with E-state index in [9.17, 15) is 0 Å². The molecular formula is C12H15N3. The first kappa shape index (κ1) is 10.1. The summed E-state index contributed by atoms with van der Waals surface area (Å²) in [5, 5.41) is 12.2. The average molecular weight is 201 g/mol. The molecule has 1 N–H and O–H groups in total. The summed E-state index contributed by atoms with van der Waals surface area (Å²) in [4.78, 5) is 3.99. The molecule has 3 heteroatoms. The van der Waals surface area contributed by atoms with E-state index in [1.54, 1.807) is 6.20 Å². The van der Waals surface area contributed by atoms with Gasteiger partial charge in [-0.05, 0) is 43.0 Å². The molecule has 1 fully saturated rings. The molecule has 1 aliphatic rings. The third kappa shape index (κ3) is 2.54. The second-order valence-corrected chi connectivity index (χ2v) is 3.98. The summed E-state index contributed by atoms with van der Waals surface area (Å²) in [7, 11) is 0. The number of aromatic nitrogens is 1. The van der Waals surface area contributed by atoms with E-state index in [1.165, 1.54) is 24.8 Å². The molecule has 1 saturated heterocycles. The highest BCUT2D eigenvalue weighted by Gasteiger charge is 2.14. The molecule has 1 atom stereocenters. The SMILES string of the molecule is N#Cc1cc(C2CCCCNC2)ccn1. The second kappa shape index (κ2) is 4.90. The van der Waals surface area contributed by atoms with Gasteiger partial charge in [-0.3, -0.25) is 0 Å². The Morgan fingerprint density at radius 3 is 3.27 bits per heavy atom. The van der Waals surface area contributed by atoms with Crippen LogP contribution in [0.25, 0.3) is 0 Å². The zero-order chi connectivity index (χ0) is 10.5. The second-order valence-electron chi connectivity index (χ2n) is 3.98. The lowest BCUT2D eigenvalue weighted by Crippen LogP contribution is -2.19. The van der Waals surface area contributed by atoms with Crippen LogP contribution in [0.4, 0.5) is 0 Å². The Bertz CT molecular complexity index is 359. The van der Waals surface area contributed by atoms with E-state index < -0.39 is 0 Å². The van der Waals surface area contributed by atoms with Gasteiger partial charge in [-0.25, -0.2) is 4.98 Å². The van der Waals surface area contributed by atoms with Gasteiger partial charge in [-0.2, -0.15) is 5.26 Å². The molecule has 1 aromatic heterocycles. The number of hydrogen-bond donors (Lipinski definition) is 1. The standard InChI is InChI=1S/C12H15N3/c13-8-12-7-10(4-6-15-12)11-3-1-2-5-14-9-11/h4,6-7,11,14H,1-3,5,9H2. The van der Waals surface area contributed by atoms with Crippen LogP contribution in [0.15, 0.2) is 18.3 Å². The maximum absolute atomic E-state index is 8.79. The normalized spacial score (nSPS) is 21.7. The maximum atomic E-state index is 8.79. The van der Waals surface area contributed by atoms with Gasteiger partial charge in [0.2, 0.25) is 0 Å². The zero-order valence-electron chi connectivity index (χ0n) is 8.74. The van der Waals surface area contributed by atoms with Gasteiger partial charge in [-0.15, -0.1) is 0 Å². The van der Waals surface area contributed by atoms with Crippen LogP contribution < -0.4 is 5.32 Å². The maximum Gasteiger partial charge on any atom is 0.140 e. The first-order valence-corrected chi connectivity index (χ1v) is 5.47. The van der Waals surface area contributed by atoms with E-state index in [0.717, 1.165) is 13.1 Å². The Balaban J connectivity index is 2.16. The molecule has 2 rings (SSSR count). The first-order chi connectivity index (χ1) is 7.40. The predicted molar refractivity (Wildman–Crippen MR) is 58.4 cm³/mol. The number of rotatable bonds is 1. The highest BCUT2D eigenvalue weighted by atomic mass is 14.9. The summed E-state index contributed by atoms with van der Waals surface area (Å²) >= 11 is 0. The van der Waals surface area contributed by atoms with Crippen LogP contribution in [0.5, 0.6) is 0 Å². The first-order valence-electron chi connectivity index (χ1n) is 5.47. The van der Waals surface area contributed by atoms with Crippen LogP contribution in [-0.2, 0) is 0 Å². The molecule has 1 unspecified atom stereocenters. The predicted octanol–water partition coefficient (Wildman–Crippen LogP) is 1.81. The summed E-state index contributed by atoms with van der Waals surface area (Å²) < 4.78 is 0. The van der Waals surface area contributed by atoms with Crippen molar-refractivity contribution in [1.82, 2.24) is 10.3 Å². The van der Waals surface area contributed by atoms with Crippen LogP contribution in [0.1, 0.15) is 36.4 Å². The number of hydrogen-bond acceptors (Lipinski definition) is 3. The molecule has 0 radical (unpaired) electrons. The van der Waals surface area contributed by atoms with Crippen LogP contribution in [0, 0.1) is 11.3 Å². The Labute approximate surface area is 90.1 Å². The number of nitriles is 1. The van der Waals surface area contributed by atoms with E-state index in [1.807, 2.05) is 12.1 Å². The molecule has 0 saturated carbocycles. The van der Waals surface area contributed by atoms with Crippen LogP contribution in [0.2, 0.25) is 0 Å². The van der Waals surface area contributed by atoms with Crippen molar-refractivity contribution in [2.45, 2.75) is 25.2 Å². The highest BCUT2D eigenvalue weighted by molar-refractivity contribution is 5.28. The van der Waals surface area contributed by atoms with Gasteiger partial charge in [0, 0.05) is 12.7 Å². The van der Waals surface area contributed by atoms with Gasteiger partial charge in [0.1, 0.15) is 11.8 Å². The molecule has 0 amide bonds. The fraction of sp³-hybridized carbons (Fsp3) is 0.500. The number of pyridine rings is 1. The molecule has 2 heterocycles. The number of nitrogens with one attached hydrogen (secondary N) is 1. The van der Waals surface area contributed by atoms with Crippen molar-refractivity contribution in [3.8, 4) is 6.07 Å². The highest BCUT2D eigenvalue weighted by Crippen LogP contribution is 2.23. The summed E-state index contributed by atoms with van der Waals surface area (Å²) in [6.45, 7) is 2.14. The van der Waals surface area contributed by atoms with Crippen LogP contribution >= 0.6 is 0 Å². The lowest BCUT2D eigenvalue weighted by Gasteiger charge is -2.14. The number of nitrogens with zero attached hydrogens (tertiary/aromatic N) is 2. The molecular weight excluding hydrogens is 186 g/mol. The fourth-order valence-electron chi connectivity index (χ4n) is 2.07. The monoisotopic (exact) mass is 201 g/mol. The lowest BCUT2D eigenvalue weighted by molar-refractivity contribution is 0.609. The average Bonchev–Trinajstić information content (AvgIpc) is 2.58. The Hall–Kier alpha value is -1.40. The van der Waals surface area contributed by atoms with Crippen molar-refractivity contribution in [2.24, 2.45) is 0 Å². The van der Waals surface area contributed by atoms with Crippen molar-refractivity contribution in [3.63, 3.8) is 0 Å². The van der Waals surface area contributed by atoms with Gasteiger partial charge in [0.25, 0.3) is 0 Å². The smallest absolute Gasteiger partial charge is 0.140 e. The minimum Gasteiger partial charge on any atom is -0.316 e. The summed E-state index contributed by atoms with van der Waals surface area (Å²) in [5.74, 6) is 0.544. The summed E-state index contributed by atoms with van der Waals surface area (Å²) in [6.07, 6.45) is 5.47. The van der Waals surface area contributed by atoms with Crippen molar-refractivity contribution in [3.05, 3.63) is 29.6 Å². The third-order valence-corrected chi connectivity index (χ3v) is 2.92. The van der Waals surface area contributed by atoms with Crippen molar-refractivity contribution in [2.75, 3.05) is 13.1 Å². The molecule has 15 heavy (non-hydrogen) atoms. The topological polar surface area (TPSA) is 48.7 Å². The van der Waals surface area contributed by atoms with Gasteiger partial charge < -0.3 is 5.32 Å². The molecule has 0 spiro atoms. The van der Waals surface area contributed by atoms with E-state index in [2.05, 4.69) is 16.4 Å². The third-order valence-electron chi connectivity index (χ3n) is 2.92.